The van der Waals surface area contributed by atoms with Crippen molar-refractivity contribution in [3.8, 4) is 0 Å². The van der Waals surface area contributed by atoms with Crippen LogP contribution in [0.2, 0.25) is 0 Å². The largest absolute Gasteiger partial charge is 0.430 e. The van der Waals surface area contributed by atoms with Crippen LogP contribution >= 0.6 is 0 Å². The van der Waals surface area contributed by atoms with Crippen LogP contribution in [0.15, 0.2) is 12.2 Å². The van der Waals surface area contributed by atoms with Crippen molar-refractivity contribution in [2.45, 2.75) is 65.1 Å². The number of ether oxygens (including phenoxy) is 2. The van der Waals surface area contributed by atoms with Gasteiger partial charge in [-0.1, -0.05) is 26.8 Å². The van der Waals surface area contributed by atoms with Crippen LogP contribution in [0.25, 0.3) is 0 Å². The van der Waals surface area contributed by atoms with Gasteiger partial charge in [0.2, 0.25) is 5.79 Å². The van der Waals surface area contributed by atoms with Gasteiger partial charge in [-0.15, -0.1) is 0 Å². The highest BCUT2D eigenvalue weighted by Crippen LogP contribution is 2.33. The van der Waals surface area contributed by atoms with Crippen molar-refractivity contribution >= 4 is 5.97 Å². The second-order valence-corrected chi connectivity index (χ2v) is 5.67. The number of rotatable bonds is 6. The lowest BCUT2D eigenvalue weighted by Gasteiger charge is -2.36. The molecule has 0 saturated heterocycles. The Balaban J connectivity index is 2.57. The van der Waals surface area contributed by atoms with Crippen molar-refractivity contribution in [3.05, 3.63) is 12.2 Å². The molecule has 0 heterocycles. The average molecular weight is 254 g/mol. The first-order chi connectivity index (χ1) is 8.45. The maximum absolute atomic E-state index is 11.7. The first kappa shape index (κ1) is 15.2. The maximum Gasteiger partial charge on any atom is 0.335 e. The van der Waals surface area contributed by atoms with E-state index in [1.807, 2.05) is 0 Å². The summed E-state index contributed by atoms with van der Waals surface area (Å²) in [5, 5.41) is 0. The van der Waals surface area contributed by atoms with E-state index in [9.17, 15) is 4.79 Å². The van der Waals surface area contributed by atoms with E-state index >= 15 is 0 Å². The Morgan fingerprint density at radius 3 is 2.39 bits per heavy atom. The Labute approximate surface area is 111 Å². The van der Waals surface area contributed by atoms with E-state index in [4.69, 9.17) is 9.47 Å². The van der Waals surface area contributed by atoms with E-state index < -0.39 is 5.79 Å². The van der Waals surface area contributed by atoms with E-state index in [-0.39, 0.29) is 5.97 Å². The molecule has 0 aromatic carbocycles. The van der Waals surface area contributed by atoms with Crippen molar-refractivity contribution in [1.29, 1.82) is 0 Å². The van der Waals surface area contributed by atoms with E-state index in [0.29, 0.717) is 18.1 Å². The van der Waals surface area contributed by atoms with Gasteiger partial charge in [-0.3, -0.25) is 0 Å². The third-order valence-electron chi connectivity index (χ3n) is 3.30. The number of carbonyl (C=O) groups is 1. The predicted molar refractivity (Wildman–Crippen MR) is 72.1 cm³/mol. The van der Waals surface area contributed by atoms with Crippen molar-refractivity contribution in [1.82, 2.24) is 0 Å². The van der Waals surface area contributed by atoms with Crippen molar-refractivity contribution in [3.63, 3.8) is 0 Å². The molecule has 0 bridgehead atoms. The highest BCUT2D eigenvalue weighted by molar-refractivity contribution is 5.87. The number of esters is 1. The van der Waals surface area contributed by atoms with Crippen LogP contribution in [0.3, 0.4) is 0 Å². The topological polar surface area (TPSA) is 35.5 Å². The van der Waals surface area contributed by atoms with E-state index in [0.717, 1.165) is 32.1 Å². The van der Waals surface area contributed by atoms with E-state index in [2.05, 4.69) is 20.4 Å². The molecule has 0 amide bonds. The molecule has 0 aromatic rings. The summed E-state index contributed by atoms with van der Waals surface area (Å²) in [5.41, 5.74) is 0.437. The van der Waals surface area contributed by atoms with Gasteiger partial charge in [0.15, 0.2) is 0 Å². The SMILES string of the molecule is C=C(C)C(=O)OC1(OCCC(C)C)CCCCC1. The van der Waals surface area contributed by atoms with Crippen molar-refractivity contribution in [2.24, 2.45) is 5.92 Å². The number of hydrogen-bond acceptors (Lipinski definition) is 3. The van der Waals surface area contributed by atoms with Crippen LogP contribution in [0.4, 0.5) is 0 Å². The third-order valence-corrected chi connectivity index (χ3v) is 3.30. The van der Waals surface area contributed by atoms with E-state index in [1.165, 1.54) is 6.42 Å². The smallest absolute Gasteiger partial charge is 0.335 e. The maximum atomic E-state index is 11.7. The molecule has 3 heteroatoms. The summed E-state index contributed by atoms with van der Waals surface area (Å²) in [7, 11) is 0. The van der Waals surface area contributed by atoms with Gasteiger partial charge >= 0.3 is 5.97 Å². The second-order valence-electron chi connectivity index (χ2n) is 5.67. The molecule has 104 valence electrons. The van der Waals surface area contributed by atoms with Crippen LogP contribution < -0.4 is 0 Å². The first-order valence-corrected chi connectivity index (χ1v) is 6.98. The van der Waals surface area contributed by atoms with Crippen LogP contribution in [-0.4, -0.2) is 18.4 Å². The standard InChI is InChI=1S/C15H26O3/c1-12(2)8-11-17-15(9-6-5-7-10-15)18-14(16)13(3)4/h12H,3,5-11H2,1-2,4H3. The summed E-state index contributed by atoms with van der Waals surface area (Å²) < 4.78 is 11.5. The fraction of sp³-hybridized carbons (Fsp3) is 0.800. The lowest BCUT2D eigenvalue weighted by molar-refractivity contribution is -0.242. The fourth-order valence-corrected chi connectivity index (χ4v) is 2.10. The lowest BCUT2D eigenvalue weighted by Crippen LogP contribution is -2.40. The fourth-order valence-electron chi connectivity index (χ4n) is 2.10. The minimum absolute atomic E-state index is 0.332. The third kappa shape index (κ3) is 4.81. The molecule has 18 heavy (non-hydrogen) atoms. The summed E-state index contributed by atoms with van der Waals surface area (Å²) in [6.45, 7) is 10.3. The summed E-state index contributed by atoms with van der Waals surface area (Å²) in [6.07, 6.45) is 5.93. The minimum atomic E-state index is -0.691. The molecule has 0 spiro atoms. The van der Waals surface area contributed by atoms with Crippen LogP contribution in [0.1, 0.15) is 59.3 Å². The van der Waals surface area contributed by atoms with Crippen LogP contribution in [-0.2, 0) is 14.3 Å². The zero-order valence-corrected chi connectivity index (χ0v) is 12.0. The molecule has 0 aromatic heterocycles. The monoisotopic (exact) mass is 254 g/mol. The Bertz CT molecular complexity index is 288. The van der Waals surface area contributed by atoms with Gasteiger partial charge in [0.05, 0.1) is 6.61 Å². The van der Waals surface area contributed by atoms with Crippen molar-refractivity contribution in [2.75, 3.05) is 6.61 Å². The second kappa shape index (κ2) is 6.93. The van der Waals surface area contributed by atoms with Gasteiger partial charge in [-0.25, -0.2) is 4.79 Å². The molecule has 0 N–H and O–H groups in total. The molecule has 1 aliphatic rings. The van der Waals surface area contributed by atoms with Gasteiger partial charge < -0.3 is 9.47 Å². The Morgan fingerprint density at radius 2 is 1.89 bits per heavy atom. The van der Waals surface area contributed by atoms with Gasteiger partial charge in [-0.05, 0) is 32.1 Å². The molecule has 1 rings (SSSR count). The van der Waals surface area contributed by atoms with E-state index in [1.54, 1.807) is 6.92 Å². The number of hydrogen-bond donors (Lipinski definition) is 0. The summed E-state index contributed by atoms with van der Waals surface area (Å²) >= 11 is 0. The van der Waals surface area contributed by atoms with Gasteiger partial charge in [0.25, 0.3) is 0 Å². The van der Waals surface area contributed by atoms with Crippen LogP contribution in [0.5, 0.6) is 0 Å². The quantitative estimate of drug-likeness (QED) is 0.410. The molecule has 1 saturated carbocycles. The molecule has 1 aliphatic carbocycles. The van der Waals surface area contributed by atoms with Gasteiger partial charge in [0, 0.05) is 18.4 Å². The summed E-state index contributed by atoms with van der Waals surface area (Å²) in [6, 6.07) is 0. The van der Waals surface area contributed by atoms with Gasteiger partial charge in [-0.2, -0.15) is 0 Å². The molecular weight excluding hydrogens is 228 g/mol. The highest BCUT2D eigenvalue weighted by atomic mass is 16.7. The highest BCUT2D eigenvalue weighted by Gasteiger charge is 2.37. The van der Waals surface area contributed by atoms with Crippen molar-refractivity contribution < 1.29 is 14.3 Å². The zero-order valence-electron chi connectivity index (χ0n) is 12.0. The van der Waals surface area contributed by atoms with Gasteiger partial charge in [0.1, 0.15) is 0 Å². The first-order valence-electron chi connectivity index (χ1n) is 6.98. The molecule has 0 radical (unpaired) electrons. The summed E-state index contributed by atoms with van der Waals surface area (Å²) in [4.78, 5) is 11.7. The summed E-state index contributed by atoms with van der Waals surface area (Å²) in [5.74, 6) is -0.424. The lowest BCUT2D eigenvalue weighted by atomic mass is 9.94. The molecule has 3 nitrogen and oxygen atoms in total. The Kier molecular flexibility index (Phi) is 5.86. The average Bonchev–Trinajstić information content (AvgIpc) is 2.29. The number of carbonyl (C=O) groups excluding carboxylic acids is 1. The zero-order chi connectivity index (χ0) is 13.6. The Hall–Kier alpha value is -0.830. The van der Waals surface area contributed by atoms with Crippen LogP contribution in [0, 0.1) is 5.92 Å². The molecular formula is C15H26O3. The molecule has 1 fully saturated rings. The normalized spacial score (nSPS) is 18.7. The molecule has 0 aliphatic heterocycles. The predicted octanol–water partition coefficient (Wildman–Crippen LogP) is 3.83. The molecule has 0 unspecified atom stereocenters. The Morgan fingerprint density at radius 1 is 1.28 bits per heavy atom. The minimum Gasteiger partial charge on any atom is -0.430 e. The molecule has 0 atom stereocenters.